The second-order valence-corrected chi connectivity index (χ2v) is 2.15. The molecule has 0 rings (SSSR count). The Kier molecular flexibility index (Phi) is 3.35. The highest BCUT2D eigenvalue weighted by molar-refractivity contribution is 5.50. The first-order valence-corrected chi connectivity index (χ1v) is 2.98. The summed E-state index contributed by atoms with van der Waals surface area (Å²) >= 11 is 0. The van der Waals surface area contributed by atoms with Crippen molar-refractivity contribution in [2.75, 3.05) is 0 Å². The first-order valence-electron chi connectivity index (χ1n) is 3.48. The standard InChI is InChI=1S/C6H12O4/c1-4(8)6(10)5(9)2-3-7/h3-6,8-10H,2H2,1H3/t4-,5-,6-/m1/s1/i3D. The summed E-state index contributed by atoms with van der Waals surface area (Å²) in [4.78, 5) is 10.1. The summed E-state index contributed by atoms with van der Waals surface area (Å²) < 4.78 is 6.45. The van der Waals surface area contributed by atoms with E-state index in [0.717, 1.165) is 0 Å². The normalized spacial score (nSPS) is 21.0. The highest BCUT2D eigenvalue weighted by Crippen LogP contribution is 2.01. The Labute approximate surface area is 60.5 Å². The smallest absolute Gasteiger partial charge is 0.122 e. The first kappa shape index (κ1) is 7.65. The van der Waals surface area contributed by atoms with Gasteiger partial charge in [-0.25, -0.2) is 0 Å². The number of carbonyl (C=O) groups is 1. The molecule has 60 valence electrons. The van der Waals surface area contributed by atoms with Crippen molar-refractivity contribution in [3.05, 3.63) is 0 Å². The van der Waals surface area contributed by atoms with Gasteiger partial charge in [0, 0.05) is 6.42 Å². The number of aliphatic hydroxyl groups is 3. The highest BCUT2D eigenvalue weighted by atomic mass is 16.4. The van der Waals surface area contributed by atoms with Gasteiger partial charge in [0.2, 0.25) is 0 Å². The summed E-state index contributed by atoms with van der Waals surface area (Å²) in [7, 11) is 0. The van der Waals surface area contributed by atoms with Crippen LogP contribution in [0.25, 0.3) is 0 Å². The molecule has 3 atom stereocenters. The molecule has 0 heterocycles. The third kappa shape index (κ3) is 2.91. The van der Waals surface area contributed by atoms with Crippen LogP contribution in [-0.2, 0) is 4.79 Å². The number of carbonyl (C=O) groups excluding carboxylic acids is 1. The van der Waals surface area contributed by atoms with Crippen molar-refractivity contribution in [2.45, 2.75) is 31.7 Å². The molecule has 0 amide bonds. The largest absolute Gasteiger partial charge is 0.391 e. The van der Waals surface area contributed by atoms with Gasteiger partial charge < -0.3 is 20.1 Å². The molecule has 0 aromatic heterocycles. The van der Waals surface area contributed by atoms with Crippen LogP contribution in [-0.4, -0.2) is 39.9 Å². The van der Waals surface area contributed by atoms with Crippen molar-refractivity contribution in [2.24, 2.45) is 0 Å². The third-order valence-corrected chi connectivity index (χ3v) is 1.18. The Bertz CT molecular complexity index is 137. The Morgan fingerprint density at radius 1 is 1.60 bits per heavy atom. The molecular weight excluding hydrogens is 136 g/mol. The van der Waals surface area contributed by atoms with E-state index in [1.807, 2.05) is 0 Å². The molecule has 0 radical (unpaired) electrons. The Morgan fingerprint density at radius 2 is 2.10 bits per heavy atom. The fourth-order valence-corrected chi connectivity index (χ4v) is 0.528. The molecule has 0 saturated carbocycles. The van der Waals surface area contributed by atoms with Crippen molar-refractivity contribution in [3.63, 3.8) is 0 Å². The van der Waals surface area contributed by atoms with Gasteiger partial charge in [-0.05, 0) is 6.92 Å². The molecule has 4 heteroatoms. The third-order valence-electron chi connectivity index (χ3n) is 1.18. The summed E-state index contributed by atoms with van der Waals surface area (Å²) in [6.07, 6.45) is -5.21. The van der Waals surface area contributed by atoms with Crippen LogP contribution in [0.15, 0.2) is 0 Å². The molecule has 0 aromatic carbocycles. The highest BCUT2D eigenvalue weighted by Gasteiger charge is 2.19. The predicted octanol–water partition coefficient (Wildman–Crippen LogP) is -1.32. The zero-order valence-electron chi connectivity index (χ0n) is 6.69. The fraction of sp³-hybridized carbons (Fsp3) is 0.833. The Balaban J connectivity index is 3.82. The van der Waals surface area contributed by atoms with Crippen molar-refractivity contribution >= 4 is 6.26 Å². The van der Waals surface area contributed by atoms with Crippen LogP contribution in [0, 0.1) is 0 Å². The van der Waals surface area contributed by atoms with Crippen molar-refractivity contribution in [1.29, 1.82) is 0 Å². The van der Waals surface area contributed by atoms with Gasteiger partial charge in [0.05, 0.1) is 12.2 Å². The lowest BCUT2D eigenvalue weighted by Crippen LogP contribution is -2.35. The van der Waals surface area contributed by atoms with Gasteiger partial charge in [0.25, 0.3) is 0 Å². The second-order valence-electron chi connectivity index (χ2n) is 2.15. The molecular formula is C6H12O4. The van der Waals surface area contributed by atoms with E-state index < -0.39 is 31.0 Å². The minimum atomic E-state index is -1.36. The summed E-state index contributed by atoms with van der Waals surface area (Å²) in [5.74, 6) is 0. The van der Waals surface area contributed by atoms with E-state index in [0.29, 0.717) is 0 Å². The van der Waals surface area contributed by atoms with Crippen molar-refractivity contribution < 1.29 is 21.5 Å². The van der Waals surface area contributed by atoms with Crippen LogP contribution in [0.5, 0.6) is 0 Å². The quantitative estimate of drug-likeness (QED) is 0.433. The van der Waals surface area contributed by atoms with E-state index in [1.165, 1.54) is 6.92 Å². The van der Waals surface area contributed by atoms with E-state index in [2.05, 4.69) is 0 Å². The van der Waals surface area contributed by atoms with Crippen LogP contribution in [0.2, 0.25) is 0 Å². The molecule has 0 fully saturated rings. The Hall–Kier alpha value is -0.450. The molecule has 4 nitrogen and oxygen atoms in total. The molecule has 0 aromatic rings. The number of hydrogen-bond acceptors (Lipinski definition) is 4. The molecule has 0 bridgehead atoms. The number of aliphatic hydroxyl groups excluding tert-OH is 3. The average molecular weight is 149 g/mol. The van der Waals surface area contributed by atoms with E-state index in [1.54, 1.807) is 0 Å². The van der Waals surface area contributed by atoms with E-state index in [-0.39, 0.29) is 0 Å². The fourth-order valence-electron chi connectivity index (χ4n) is 0.528. The zero-order chi connectivity index (χ0) is 9.02. The lowest BCUT2D eigenvalue weighted by molar-refractivity contribution is -0.113. The van der Waals surface area contributed by atoms with Crippen LogP contribution in [0.1, 0.15) is 14.7 Å². The minimum Gasteiger partial charge on any atom is -0.391 e. The van der Waals surface area contributed by atoms with Gasteiger partial charge in [-0.2, -0.15) is 0 Å². The first-order chi connectivity index (χ1) is 4.95. The predicted molar refractivity (Wildman–Crippen MR) is 34.4 cm³/mol. The van der Waals surface area contributed by atoms with Gasteiger partial charge in [0.1, 0.15) is 13.7 Å². The van der Waals surface area contributed by atoms with Crippen LogP contribution in [0.4, 0.5) is 0 Å². The lowest BCUT2D eigenvalue weighted by Gasteiger charge is -2.17. The molecule has 0 aliphatic heterocycles. The number of hydrogen-bond donors (Lipinski definition) is 3. The van der Waals surface area contributed by atoms with E-state index in [4.69, 9.17) is 16.7 Å². The van der Waals surface area contributed by atoms with Gasteiger partial charge in [-0.1, -0.05) is 0 Å². The van der Waals surface area contributed by atoms with Crippen molar-refractivity contribution in [3.8, 4) is 0 Å². The molecule has 0 saturated heterocycles. The lowest BCUT2D eigenvalue weighted by atomic mass is 10.1. The molecule has 0 unspecified atom stereocenters. The summed E-state index contributed by atoms with van der Waals surface area (Å²) in [5, 5.41) is 26.5. The molecule has 0 aliphatic rings. The van der Waals surface area contributed by atoms with Crippen LogP contribution in [0.3, 0.4) is 0 Å². The second kappa shape index (κ2) is 4.38. The number of aldehydes is 1. The monoisotopic (exact) mass is 149 g/mol. The topological polar surface area (TPSA) is 77.8 Å². The maximum atomic E-state index is 10.1. The molecule has 0 spiro atoms. The van der Waals surface area contributed by atoms with Crippen LogP contribution >= 0.6 is 0 Å². The Morgan fingerprint density at radius 3 is 2.40 bits per heavy atom. The maximum Gasteiger partial charge on any atom is 0.122 e. The van der Waals surface area contributed by atoms with Gasteiger partial charge in [-0.15, -0.1) is 0 Å². The van der Waals surface area contributed by atoms with E-state index in [9.17, 15) is 4.79 Å². The van der Waals surface area contributed by atoms with Gasteiger partial charge in [-0.3, -0.25) is 0 Å². The van der Waals surface area contributed by atoms with Crippen molar-refractivity contribution in [1.82, 2.24) is 0 Å². The zero-order valence-corrected chi connectivity index (χ0v) is 5.69. The molecule has 10 heavy (non-hydrogen) atoms. The summed E-state index contributed by atoms with van der Waals surface area (Å²) in [6, 6.07) is 0. The van der Waals surface area contributed by atoms with Gasteiger partial charge >= 0.3 is 0 Å². The summed E-state index contributed by atoms with van der Waals surface area (Å²) in [5.41, 5.74) is 0. The average Bonchev–Trinajstić information content (AvgIpc) is 1.84. The number of rotatable bonds is 4. The van der Waals surface area contributed by atoms with E-state index >= 15 is 0 Å². The molecule has 3 N–H and O–H groups in total. The summed E-state index contributed by atoms with van der Waals surface area (Å²) in [6.45, 7) is 1.29. The SMILES string of the molecule is [2H]C(=O)C[C@@H](O)[C@H](O)[C@@H](C)O. The minimum absolute atomic E-state index is 0.452. The van der Waals surface area contributed by atoms with Gasteiger partial charge in [0.15, 0.2) is 0 Å². The van der Waals surface area contributed by atoms with Crippen LogP contribution < -0.4 is 0 Å². The molecule has 0 aliphatic carbocycles. The maximum absolute atomic E-state index is 10.1.